The summed E-state index contributed by atoms with van der Waals surface area (Å²) in [5.74, 6) is 2.69. The molecule has 1 aliphatic rings. The zero-order valence-electron chi connectivity index (χ0n) is 8.85. The molecule has 0 aliphatic heterocycles. The molecule has 0 aromatic carbocycles. The first-order valence-corrected chi connectivity index (χ1v) is 7.33. The van der Waals surface area contributed by atoms with E-state index in [2.05, 4.69) is 9.97 Å². The third kappa shape index (κ3) is 2.15. The molecule has 2 aromatic heterocycles. The highest BCUT2D eigenvalue weighted by molar-refractivity contribution is 7.99. The van der Waals surface area contributed by atoms with Crippen molar-refractivity contribution in [1.82, 2.24) is 9.97 Å². The second-order valence-electron chi connectivity index (χ2n) is 4.11. The van der Waals surface area contributed by atoms with Crippen LogP contribution in [0.15, 0.2) is 16.6 Å². The quantitative estimate of drug-likeness (QED) is 0.670. The maximum absolute atomic E-state index is 5.89. The fourth-order valence-corrected chi connectivity index (χ4v) is 3.43. The molecule has 0 amide bonds. The fourth-order valence-electron chi connectivity index (χ4n) is 1.65. The first-order chi connectivity index (χ1) is 7.83. The highest BCUT2D eigenvalue weighted by atomic mass is 32.2. The van der Waals surface area contributed by atoms with Crippen molar-refractivity contribution in [2.75, 3.05) is 11.5 Å². The molecule has 5 heteroatoms. The fraction of sp³-hybridized carbons (Fsp3) is 0.455. The van der Waals surface area contributed by atoms with Gasteiger partial charge in [0.15, 0.2) is 5.16 Å². The molecule has 1 fully saturated rings. The molecule has 3 nitrogen and oxygen atoms in total. The number of thiophene rings is 1. The first-order valence-electron chi connectivity index (χ1n) is 5.46. The molecule has 0 radical (unpaired) electrons. The number of aromatic nitrogens is 2. The first kappa shape index (κ1) is 10.4. The van der Waals surface area contributed by atoms with E-state index >= 15 is 0 Å². The lowest BCUT2D eigenvalue weighted by atomic mass is 10.3. The molecule has 0 unspecified atom stereocenters. The van der Waals surface area contributed by atoms with Crippen molar-refractivity contribution >= 4 is 39.1 Å². The molecule has 3 rings (SSSR count). The summed E-state index contributed by atoms with van der Waals surface area (Å²) in [6, 6.07) is 1.98. The number of fused-ring (bicyclic) bond motifs is 1. The zero-order valence-corrected chi connectivity index (χ0v) is 10.5. The molecular weight excluding hydrogens is 238 g/mol. The maximum atomic E-state index is 5.89. The minimum atomic E-state index is 0.611. The molecular formula is C11H13N3S2. The summed E-state index contributed by atoms with van der Waals surface area (Å²) in [5, 5.41) is 3.82. The summed E-state index contributed by atoms with van der Waals surface area (Å²) in [6.07, 6.45) is 4.11. The van der Waals surface area contributed by atoms with Gasteiger partial charge in [0.25, 0.3) is 0 Å². The van der Waals surface area contributed by atoms with E-state index < -0.39 is 0 Å². The lowest BCUT2D eigenvalue weighted by Crippen LogP contribution is -1.95. The van der Waals surface area contributed by atoms with E-state index in [0.29, 0.717) is 5.82 Å². The number of nitrogen functional groups attached to an aromatic ring is 1. The van der Waals surface area contributed by atoms with Crippen molar-refractivity contribution < 1.29 is 0 Å². The van der Waals surface area contributed by atoms with Crippen molar-refractivity contribution in [3.05, 3.63) is 11.4 Å². The average molecular weight is 251 g/mol. The molecule has 1 saturated carbocycles. The maximum Gasteiger partial charge on any atom is 0.190 e. The Morgan fingerprint density at radius 2 is 2.31 bits per heavy atom. The van der Waals surface area contributed by atoms with Crippen LogP contribution < -0.4 is 5.73 Å². The summed E-state index contributed by atoms with van der Waals surface area (Å²) in [4.78, 5) is 9.83. The van der Waals surface area contributed by atoms with E-state index in [1.807, 2.05) is 11.4 Å². The molecule has 2 aromatic rings. The van der Waals surface area contributed by atoms with Gasteiger partial charge >= 0.3 is 0 Å². The van der Waals surface area contributed by atoms with Crippen LogP contribution in [0.3, 0.4) is 0 Å². The van der Waals surface area contributed by atoms with Gasteiger partial charge in [-0.3, -0.25) is 0 Å². The Hall–Kier alpha value is -0.810. The molecule has 1 aliphatic carbocycles. The van der Waals surface area contributed by atoms with Crippen LogP contribution in [0.1, 0.15) is 19.3 Å². The highest BCUT2D eigenvalue weighted by Gasteiger charge is 2.20. The van der Waals surface area contributed by atoms with Crippen LogP contribution in [0.25, 0.3) is 10.2 Å². The monoisotopic (exact) mass is 251 g/mol. The Morgan fingerprint density at radius 3 is 3.12 bits per heavy atom. The number of nitrogens with zero attached hydrogens (tertiary/aromatic N) is 2. The minimum absolute atomic E-state index is 0.611. The smallest absolute Gasteiger partial charge is 0.190 e. The molecule has 2 N–H and O–H groups in total. The van der Waals surface area contributed by atoms with Gasteiger partial charge in [0.2, 0.25) is 0 Å². The molecule has 0 bridgehead atoms. The van der Waals surface area contributed by atoms with E-state index in [9.17, 15) is 0 Å². The predicted octanol–water partition coefficient (Wildman–Crippen LogP) is 3.17. The van der Waals surface area contributed by atoms with Gasteiger partial charge in [0.05, 0.1) is 5.39 Å². The van der Waals surface area contributed by atoms with Crippen molar-refractivity contribution in [2.24, 2.45) is 5.92 Å². The second kappa shape index (κ2) is 4.22. The van der Waals surface area contributed by atoms with Gasteiger partial charge < -0.3 is 5.73 Å². The highest BCUT2D eigenvalue weighted by Crippen LogP contribution is 2.34. The van der Waals surface area contributed by atoms with E-state index in [0.717, 1.165) is 27.0 Å². The molecule has 16 heavy (non-hydrogen) atoms. The van der Waals surface area contributed by atoms with E-state index in [1.54, 1.807) is 23.1 Å². The number of rotatable bonds is 4. The van der Waals surface area contributed by atoms with Crippen molar-refractivity contribution in [1.29, 1.82) is 0 Å². The van der Waals surface area contributed by atoms with Crippen LogP contribution in [-0.4, -0.2) is 15.7 Å². The number of thioether (sulfide) groups is 1. The third-order valence-corrected chi connectivity index (χ3v) is 4.48. The minimum Gasteiger partial charge on any atom is -0.383 e. The van der Waals surface area contributed by atoms with E-state index in [4.69, 9.17) is 5.73 Å². The predicted molar refractivity (Wildman–Crippen MR) is 69.9 cm³/mol. The van der Waals surface area contributed by atoms with Crippen LogP contribution in [0.5, 0.6) is 0 Å². The molecule has 2 heterocycles. The van der Waals surface area contributed by atoms with Gasteiger partial charge in [0.1, 0.15) is 10.6 Å². The van der Waals surface area contributed by atoms with Crippen LogP contribution in [0.4, 0.5) is 5.82 Å². The summed E-state index contributed by atoms with van der Waals surface area (Å²) in [5.41, 5.74) is 5.89. The van der Waals surface area contributed by atoms with Gasteiger partial charge in [-0.05, 0) is 23.8 Å². The zero-order chi connectivity index (χ0) is 11.0. The van der Waals surface area contributed by atoms with Gasteiger partial charge in [-0.2, -0.15) is 0 Å². The molecule has 0 atom stereocenters. The number of hydrogen-bond acceptors (Lipinski definition) is 5. The van der Waals surface area contributed by atoms with Crippen molar-refractivity contribution in [2.45, 2.75) is 24.4 Å². The number of nitrogens with two attached hydrogens (primary N) is 1. The number of hydrogen-bond donors (Lipinski definition) is 1. The van der Waals surface area contributed by atoms with Crippen LogP contribution >= 0.6 is 23.1 Å². The average Bonchev–Trinajstić information content (AvgIpc) is 2.94. The molecule has 0 spiro atoms. The number of anilines is 1. The van der Waals surface area contributed by atoms with Crippen LogP contribution in [0.2, 0.25) is 0 Å². The third-order valence-electron chi connectivity index (χ3n) is 2.79. The van der Waals surface area contributed by atoms with E-state index in [-0.39, 0.29) is 0 Å². The normalized spacial score (nSPS) is 15.8. The second-order valence-corrected chi connectivity index (χ2v) is 6.07. The van der Waals surface area contributed by atoms with Crippen molar-refractivity contribution in [3.63, 3.8) is 0 Å². The summed E-state index contributed by atoms with van der Waals surface area (Å²) in [6.45, 7) is 0. The Bertz CT molecular complexity index is 505. The Labute approximate surface area is 102 Å². The molecule has 0 saturated heterocycles. The van der Waals surface area contributed by atoms with Crippen LogP contribution in [0, 0.1) is 5.92 Å². The Kier molecular flexibility index (Phi) is 2.73. The largest absolute Gasteiger partial charge is 0.383 e. The van der Waals surface area contributed by atoms with Gasteiger partial charge in [-0.15, -0.1) is 11.3 Å². The summed E-state index contributed by atoms with van der Waals surface area (Å²) < 4.78 is 0. The summed E-state index contributed by atoms with van der Waals surface area (Å²) in [7, 11) is 0. The van der Waals surface area contributed by atoms with Gasteiger partial charge in [-0.1, -0.05) is 24.6 Å². The SMILES string of the molecule is Nc1nc(SCCC2CC2)nc2sccc12. The van der Waals surface area contributed by atoms with E-state index in [1.165, 1.54) is 19.3 Å². The summed E-state index contributed by atoms with van der Waals surface area (Å²) >= 11 is 3.35. The Morgan fingerprint density at radius 1 is 1.44 bits per heavy atom. The van der Waals surface area contributed by atoms with Gasteiger partial charge in [0, 0.05) is 5.75 Å². The van der Waals surface area contributed by atoms with Crippen LogP contribution in [-0.2, 0) is 0 Å². The lowest BCUT2D eigenvalue weighted by molar-refractivity contribution is 0.807. The molecule has 84 valence electrons. The standard InChI is InChI=1S/C11H13N3S2/c12-9-8-4-6-15-10(8)14-11(13-9)16-5-3-7-1-2-7/h4,6-7H,1-3,5H2,(H2,12,13,14). The Balaban J connectivity index is 1.74. The topological polar surface area (TPSA) is 51.8 Å². The lowest BCUT2D eigenvalue weighted by Gasteiger charge is -2.01. The van der Waals surface area contributed by atoms with Crippen molar-refractivity contribution in [3.8, 4) is 0 Å². The van der Waals surface area contributed by atoms with Gasteiger partial charge in [-0.25, -0.2) is 9.97 Å².